The molecule has 0 fully saturated rings. The van der Waals surface area contributed by atoms with Gasteiger partial charge in [0.05, 0.1) is 92.5 Å². The van der Waals surface area contributed by atoms with Crippen LogP contribution in [0.1, 0.15) is 90.9 Å². The molecular weight excluding hydrogens is 560 g/mol. The number of hydrogen-bond acceptors (Lipinski definition) is 11. The predicted molar refractivity (Wildman–Crippen MR) is 164 cm³/mol. The molecule has 0 bridgehead atoms. The molecule has 43 heavy (non-hydrogen) atoms. The maximum atomic E-state index is 11.6. The number of hydrogen-bond donors (Lipinski definition) is 0. The van der Waals surface area contributed by atoms with Gasteiger partial charge in [-0.3, -0.25) is 9.59 Å². The highest BCUT2D eigenvalue weighted by atomic mass is 16.6. The van der Waals surface area contributed by atoms with E-state index in [2.05, 4.69) is 13.8 Å². The van der Waals surface area contributed by atoms with Gasteiger partial charge in [0.2, 0.25) is 0 Å². The molecule has 0 aromatic carbocycles. The summed E-state index contributed by atoms with van der Waals surface area (Å²) in [6.07, 6.45) is 12.1. The standard InChI is InChI=1S/C32H62O11/c1-3-5-7-9-11-13-31(33)42-29-27-40-25-23-38-21-19-36-17-15-35-16-18-37-20-22-39-24-26-41-28-30-43-32(34)14-12-10-8-6-4-2/h3-30H2,1-2H3. The average Bonchev–Trinajstić information content (AvgIpc) is 3.00. The molecule has 0 amide bonds. The lowest BCUT2D eigenvalue weighted by molar-refractivity contribution is -0.146. The minimum absolute atomic E-state index is 0.148. The Bertz CT molecular complexity index is 530. The van der Waals surface area contributed by atoms with Crippen LogP contribution in [0.3, 0.4) is 0 Å². The SMILES string of the molecule is CCCCCCCC(=O)OCCOCCOCCOCCOCCOCCOCCOCCOC(=O)CCCCCCC. The zero-order valence-electron chi connectivity index (χ0n) is 27.3. The van der Waals surface area contributed by atoms with Crippen molar-refractivity contribution in [1.82, 2.24) is 0 Å². The number of rotatable bonds is 36. The van der Waals surface area contributed by atoms with E-state index in [1.165, 1.54) is 38.5 Å². The molecule has 0 rings (SSSR count). The molecule has 0 spiro atoms. The Morgan fingerprint density at radius 3 is 0.814 bits per heavy atom. The molecule has 0 aromatic heterocycles. The van der Waals surface area contributed by atoms with Crippen LogP contribution in [-0.4, -0.2) is 118 Å². The van der Waals surface area contributed by atoms with Gasteiger partial charge in [0, 0.05) is 12.8 Å². The van der Waals surface area contributed by atoms with E-state index in [-0.39, 0.29) is 25.2 Å². The van der Waals surface area contributed by atoms with Crippen LogP contribution in [0, 0.1) is 0 Å². The van der Waals surface area contributed by atoms with Crippen molar-refractivity contribution < 1.29 is 52.2 Å². The predicted octanol–water partition coefficient (Wildman–Crippen LogP) is 4.91. The first-order valence-corrected chi connectivity index (χ1v) is 16.6. The Morgan fingerprint density at radius 1 is 0.326 bits per heavy atom. The van der Waals surface area contributed by atoms with Crippen LogP contribution in [-0.2, 0) is 52.2 Å². The average molecular weight is 623 g/mol. The normalized spacial score (nSPS) is 11.2. The number of unbranched alkanes of at least 4 members (excludes halogenated alkanes) is 8. The van der Waals surface area contributed by atoms with Crippen LogP contribution in [0.4, 0.5) is 0 Å². The summed E-state index contributed by atoms with van der Waals surface area (Å²) in [6.45, 7) is 11.4. The van der Waals surface area contributed by atoms with E-state index in [0.717, 1.165) is 25.7 Å². The fourth-order valence-corrected chi connectivity index (χ4v) is 3.74. The summed E-state index contributed by atoms with van der Waals surface area (Å²) in [5.74, 6) is -0.296. The number of esters is 2. The zero-order chi connectivity index (χ0) is 31.3. The number of carbonyl (C=O) groups excluding carboxylic acids is 2. The van der Waals surface area contributed by atoms with E-state index in [1.807, 2.05) is 0 Å². The van der Waals surface area contributed by atoms with E-state index in [1.54, 1.807) is 0 Å². The highest BCUT2D eigenvalue weighted by molar-refractivity contribution is 5.69. The van der Waals surface area contributed by atoms with Crippen molar-refractivity contribution in [2.45, 2.75) is 90.9 Å². The molecule has 11 nitrogen and oxygen atoms in total. The quantitative estimate of drug-likeness (QED) is 0.0701. The summed E-state index contributed by atoms with van der Waals surface area (Å²) in [4.78, 5) is 23.2. The van der Waals surface area contributed by atoms with Crippen LogP contribution in [0.25, 0.3) is 0 Å². The van der Waals surface area contributed by atoms with Gasteiger partial charge in [-0.2, -0.15) is 0 Å². The van der Waals surface area contributed by atoms with Crippen molar-refractivity contribution in [1.29, 1.82) is 0 Å². The minimum Gasteiger partial charge on any atom is -0.463 e. The van der Waals surface area contributed by atoms with E-state index in [0.29, 0.717) is 105 Å². The topological polar surface area (TPSA) is 117 Å². The Balaban J connectivity index is 3.14. The van der Waals surface area contributed by atoms with Crippen molar-refractivity contribution in [2.24, 2.45) is 0 Å². The molecule has 256 valence electrons. The third-order valence-corrected chi connectivity index (χ3v) is 6.18. The second kappa shape index (κ2) is 36.8. The lowest BCUT2D eigenvalue weighted by Gasteiger charge is -2.09. The fraction of sp³-hybridized carbons (Fsp3) is 0.938. The molecule has 0 heterocycles. The first kappa shape index (κ1) is 41.7. The Labute approximate surface area is 260 Å². The third kappa shape index (κ3) is 36.8. The van der Waals surface area contributed by atoms with Crippen molar-refractivity contribution >= 4 is 11.9 Å². The van der Waals surface area contributed by atoms with Crippen molar-refractivity contribution in [3.05, 3.63) is 0 Å². The van der Waals surface area contributed by atoms with Crippen molar-refractivity contribution in [3.63, 3.8) is 0 Å². The van der Waals surface area contributed by atoms with Gasteiger partial charge in [-0.05, 0) is 12.8 Å². The van der Waals surface area contributed by atoms with E-state index < -0.39 is 0 Å². The molecule has 0 radical (unpaired) electrons. The van der Waals surface area contributed by atoms with Gasteiger partial charge in [0.25, 0.3) is 0 Å². The van der Waals surface area contributed by atoms with Crippen LogP contribution >= 0.6 is 0 Å². The van der Waals surface area contributed by atoms with Gasteiger partial charge < -0.3 is 42.6 Å². The second-order valence-corrected chi connectivity index (χ2v) is 10.1. The molecule has 0 aliphatic rings. The Hall–Kier alpha value is -1.34. The molecule has 0 saturated heterocycles. The summed E-state index contributed by atoms with van der Waals surface area (Å²) < 4.78 is 48.4. The summed E-state index contributed by atoms with van der Waals surface area (Å²) in [5.41, 5.74) is 0. The highest BCUT2D eigenvalue weighted by Crippen LogP contribution is 2.06. The molecule has 11 heteroatoms. The summed E-state index contributed by atoms with van der Waals surface area (Å²) >= 11 is 0. The number of ether oxygens (including phenoxy) is 9. The molecule has 0 aliphatic heterocycles. The maximum Gasteiger partial charge on any atom is 0.305 e. The van der Waals surface area contributed by atoms with Gasteiger partial charge in [0.1, 0.15) is 13.2 Å². The highest BCUT2D eigenvalue weighted by Gasteiger charge is 2.03. The Kier molecular flexibility index (Phi) is 35.7. The first-order chi connectivity index (χ1) is 21.2. The van der Waals surface area contributed by atoms with Crippen LogP contribution < -0.4 is 0 Å². The first-order valence-electron chi connectivity index (χ1n) is 16.6. The molecule has 0 N–H and O–H groups in total. The molecule has 0 aliphatic carbocycles. The van der Waals surface area contributed by atoms with Gasteiger partial charge in [-0.15, -0.1) is 0 Å². The lowest BCUT2D eigenvalue weighted by atomic mass is 10.1. The van der Waals surface area contributed by atoms with E-state index in [9.17, 15) is 9.59 Å². The Morgan fingerprint density at radius 2 is 0.558 bits per heavy atom. The van der Waals surface area contributed by atoms with Crippen molar-refractivity contribution in [3.8, 4) is 0 Å². The van der Waals surface area contributed by atoms with Gasteiger partial charge >= 0.3 is 11.9 Å². The summed E-state index contributed by atoms with van der Waals surface area (Å²) in [5, 5.41) is 0. The van der Waals surface area contributed by atoms with Crippen LogP contribution in [0.2, 0.25) is 0 Å². The number of carbonyl (C=O) groups is 2. The lowest BCUT2D eigenvalue weighted by Crippen LogP contribution is -2.15. The van der Waals surface area contributed by atoms with Crippen molar-refractivity contribution in [2.75, 3.05) is 106 Å². The molecule has 0 saturated carbocycles. The fourth-order valence-electron chi connectivity index (χ4n) is 3.74. The summed E-state index contributed by atoms with van der Waals surface area (Å²) in [6, 6.07) is 0. The molecule has 0 atom stereocenters. The molecule has 0 unspecified atom stereocenters. The second-order valence-electron chi connectivity index (χ2n) is 10.1. The third-order valence-electron chi connectivity index (χ3n) is 6.18. The van der Waals surface area contributed by atoms with Gasteiger partial charge in [0.15, 0.2) is 0 Å². The van der Waals surface area contributed by atoms with Crippen LogP contribution in [0.5, 0.6) is 0 Å². The van der Waals surface area contributed by atoms with E-state index >= 15 is 0 Å². The van der Waals surface area contributed by atoms with E-state index in [4.69, 9.17) is 42.6 Å². The maximum absolute atomic E-state index is 11.6. The molecule has 0 aromatic rings. The smallest absolute Gasteiger partial charge is 0.305 e. The molecular formula is C32H62O11. The largest absolute Gasteiger partial charge is 0.463 e. The zero-order valence-corrected chi connectivity index (χ0v) is 27.3. The minimum atomic E-state index is -0.148. The summed E-state index contributed by atoms with van der Waals surface area (Å²) in [7, 11) is 0. The van der Waals surface area contributed by atoms with Gasteiger partial charge in [-0.1, -0.05) is 65.2 Å². The monoisotopic (exact) mass is 622 g/mol. The van der Waals surface area contributed by atoms with Crippen LogP contribution in [0.15, 0.2) is 0 Å². The van der Waals surface area contributed by atoms with Gasteiger partial charge in [-0.25, -0.2) is 0 Å².